The number of esters is 1. The van der Waals surface area contributed by atoms with E-state index >= 15 is 0 Å². The van der Waals surface area contributed by atoms with Crippen LogP contribution in [-0.2, 0) is 11.2 Å². The van der Waals surface area contributed by atoms with Gasteiger partial charge in [-0.15, -0.1) is 0 Å². The summed E-state index contributed by atoms with van der Waals surface area (Å²) in [4.78, 5) is 19.2. The van der Waals surface area contributed by atoms with Gasteiger partial charge in [-0.3, -0.25) is 0 Å². The van der Waals surface area contributed by atoms with Crippen LogP contribution in [0, 0.1) is 0 Å². The fourth-order valence-corrected chi connectivity index (χ4v) is 2.91. The van der Waals surface area contributed by atoms with E-state index in [9.17, 15) is 4.79 Å². The van der Waals surface area contributed by atoms with Gasteiger partial charge < -0.3 is 9.64 Å². The molecule has 1 aliphatic rings. The van der Waals surface area contributed by atoms with Crippen LogP contribution < -0.4 is 4.90 Å². The number of fused-ring (bicyclic) bond motifs is 3. The summed E-state index contributed by atoms with van der Waals surface area (Å²) in [6.45, 7) is 8.93. The van der Waals surface area contributed by atoms with Crippen molar-refractivity contribution in [3.05, 3.63) is 23.5 Å². The van der Waals surface area contributed by atoms with Gasteiger partial charge in [0.1, 0.15) is 5.82 Å². The molecule has 3 heterocycles. The largest absolute Gasteiger partial charge is 0.458 e. The molecule has 0 radical (unpaired) electrons. The molecule has 1 atom stereocenters. The van der Waals surface area contributed by atoms with E-state index in [0.717, 1.165) is 30.8 Å². The third kappa shape index (κ3) is 2.32. The molecular formula is C16H22N4O2. The van der Waals surface area contributed by atoms with E-state index in [1.165, 1.54) is 0 Å². The second-order valence-corrected chi connectivity index (χ2v) is 6.02. The molecule has 0 spiro atoms. The molecule has 0 fully saturated rings. The van der Waals surface area contributed by atoms with Crippen LogP contribution in [0.5, 0.6) is 0 Å². The number of carbonyl (C=O) groups is 1. The molecule has 0 amide bonds. The molecule has 1 aliphatic heterocycles. The van der Waals surface area contributed by atoms with Crippen molar-refractivity contribution in [2.75, 3.05) is 11.4 Å². The van der Waals surface area contributed by atoms with E-state index < -0.39 is 0 Å². The molecule has 3 rings (SSSR count). The van der Waals surface area contributed by atoms with Gasteiger partial charge in [0.2, 0.25) is 0 Å². The Balaban J connectivity index is 2.15. The van der Waals surface area contributed by atoms with Crippen LogP contribution in [0.3, 0.4) is 0 Å². The number of aromatic nitrogens is 3. The normalized spacial score (nSPS) is 15.4. The third-order valence-corrected chi connectivity index (χ3v) is 4.14. The highest BCUT2D eigenvalue weighted by molar-refractivity contribution is 5.92. The van der Waals surface area contributed by atoms with Crippen molar-refractivity contribution in [3.8, 4) is 0 Å². The van der Waals surface area contributed by atoms with Gasteiger partial charge in [-0.2, -0.15) is 9.61 Å². The lowest BCUT2D eigenvalue weighted by atomic mass is 10.2. The fourth-order valence-electron chi connectivity index (χ4n) is 2.91. The highest BCUT2D eigenvalue weighted by Gasteiger charge is 2.32. The van der Waals surface area contributed by atoms with E-state index in [1.807, 2.05) is 24.4 Å². The van der Waals surface area contributed by atoms with Gasteiger partial charge in [-0.1, -0.05) is 6.92 Å². The lowest BCUT2D eigenvalue weighted by Gasteiger charge is -2.26. The molecule has 0 aromatic carbocycles. The molecule has 0 bridgehead atoms. The first-order chi connectivity index (χ1) is 10.5. The first-order valence-corrected chi connectivity index (χ1v) is 7.87. The molecule has 0 saturated carbocycles. The Kier molecular flexibility index (Phi) is 3.76. The third-order valence-electron chi connectivity index (χ3n) is 4.14. The summed E-state index contributed by atoms with van der Waals surface area (Å²) in [6, 6.07) is 2.21. The van der Waals surface area contributed by atoms with E-state index in [-0.39, 0.29) is 12.1 Å². The van der Waals surface area contributed by atoms with Gasteiger partial charge in [-0.25, -0.2) is 9.78 Å². The smallest absolute Gasteiger partial charge is 0.357 e. The molecule has 2 aromatic rings. The predicted molar refractivity (Wildman–Crippen MR) is 84.3 cm³/mol. The van der Waals surface area contributed by atoms with Crippen molar-refractivity contribution in [1.29, 1.82) is 0 Å². The van der Waals surface area contributed by atoms with E-state index in [1.54, 1.807) is 6.20 Å². The van der Waals surface area contributed by atoms with Gasteiger partial charge in [0, 0.05) is 24.2 Å². The second-order valence-electron chi connectivity index (χ2n) is 6.02. The molecule has 6 nitrogen and oxygen atoms in total. The van der Waals surface area contributed by atoms with Crippen LogP contribution >= 0.6 is 0 Å². The summed E-state index contributed by atoms with van der Waals surface area (Å²) < 4.78 is 7.19. The average Bonchev–Trinajstić information content (AvgIpc) is 3.10. The minimum Gasteiger partial charge on any atom is -0.458 e. The maximum atomic E-state index is 12.4. The summed E-state index contributed by atoms with van der Waals surface area (Å²) >= 11 is 0. The SMILES string of the molecule is CCC(C)N1CCc2c(C(=O)OC(C)C)nc3ccnn3c21. The van der Waals surface area contributed by atoms with Crippen molar-refractivity contribution < 1.29 is 9.53 Å². The zero-order valence-corrected chi connectivity index (χ0v) is 13.5. The van der Waals surface area contributed by atoms with Crippen LogP contribution in [0.4, 0.5) is 5.82 Å². The minimum atomic E-state index is -0.346. The van der Waals surface area contributed by atoms with Crippen LogP contribution in [0.25, 0.3) is 5.65 Å². The summed E-state index contributed by atoms with van der Waals surface area (Å²) in [5.41, 5.74) is 2.06. The van der Waals surface area contributed by atoms with E-state index in [2.05, 4.69) is 28.8 Å². The van der Waals surface area contributed by atoms with Crippen molar-refractivity contribution in [1.82, 2.24) is 14.6 Å². The average molecular weight is 302 g/mol. The lowest BCUT2D eigenvalue weighted by Crippen LogP contribution is -2.32. The Morgan fingerprint density at radius 1 is 1.41 bits per heavy atom. The summed E-state index contributed by atoms with van der Waals surface area (Å²) in [5, 5.41) is 4.38. The quantitative estimate of drug-likeness (QED) is 0.812. The Morgan fingerprint density at radius 2 is 2.18 bits per heavy atom. The van der Waals surface area contributed by atoms with Crippen molar-refractivity contribution in [2.45, 2.75) is 52.7 Å². The standard InChI is InChI=1S/C16H22N4O2/c1-5-11(4)19-9-7-12-14(16(21)22-10(2)3)18-13-6-8-17-20(13)15(12)19/h6,8,10-11H,5,7,9H2,1-4H3. The van der Waals surface area contributed by atoms with Crippen molar-refractivity contribution >= 4 is 17.4 Å². The molecule has 0 saturated heterocycles. The number of anilines is 1. The molecule has 22 heavy (non-hydrogen) atoms. The minimum absolute atomic E-state index is 0.154. The summed E-state index contributed by atoms with van der Waals surface area (Å²) in [7, 11) is 0. The molecule has 0 N–H and O–H groups in total. The summed E-state index contributed by atoms with van der Waals surface area (Å²) in [6.07, 6.45) is 3.40. The Bertz CT molecular complexity index is 707. The Hall–Kier alpha value is -2.11. The van der Waals surface area contributed by atoms with Gasteiger partial charge in [0.15, 0.2) is 11.3 Å². The Labute approximate surface area is 130 Å². The Morgan fingerprint density at radius 3 is 2.86 bits per heavy atom. The zero-order valence-electron chi connectivity index (χ0n) is 13.5. The molecular weight excluding hydrogens is 280 g/mol. The molecule has 118 valence electrons. The van der Waals surface area contributed by atoms with Crippen molar-refractivity contribution in [2.24, 2.45) is 0 Å². The zero-order chi connectivity index (χ0) is 15.9. The molecule has 6 heteroatoms. The van der Waals surface area contributed by atoms with Crippen LogP contribution in [0.1, 0.15) is 50.2 Å². The topological polar surface area (TPSA) is 59.7 Å². The van der Waals surface area contributed by atoms with Crippen molar-refractivity contribution in [3.63, 3.8) is 0 Å². The second kappa shape index (κ2) is 5.59. The highest BCUT2D eigenvalue weighted by Crippen LogP contribution is 2.33. The maximum Gasteiger partial charge on any atom is 0.357 e. The van der Waals surface area contributed by atoms with Gasteiger partial charge in [0.25, 0.3) is 0 Å². The number of ether oxygens (including phenoxy) is 1. The molecule has 2 aromatic heterocycles. The summed E-state index contributed by atoms with van der Waals surface area (Å²) in [5.74, 6) is 0.640. The van der Waals surface area contributed by atoms with Crippen LogP contribution in [-0.4, -0.2) is 39.3 Å². The van der Waals surface area contributed by atoms with Crippen LogP contribution in [0.15, 0.2) is 12.3 Å². The number of hydrogen-bond donors (Lipinski definition) is 0. The van der Waals surface area contributed by atoms with Crippen LogP contribution in [0.2, 0.25) is 0 Å². The predicted octanol–water partition coefficient (Wildman–Crippen LogP) is 2.46. The maximum absolute atomic E-state index is 12.4. The number of rotatable bonds is 4. The molecule has 0 aliphatic carbocycles. The van der Waals surface area contributed by atoms with E-state index in [4.69, 9.17) is 4.74 Å². The molecule has 1 unspecified atom stereocenters. The monoisotopic (exact) mass is 302 g/mol. The van der Waals surface area contributed by atoms with E-state index in [0.29, 0.717) is 17.4 Å². The highest BCUT2D eigenvalue weighted by atomic mass is 16.5. The lowest BCUT2D eigenvalue weighted by molar-refractivity contribution is 0.0370. The van der Waals surface area contributed by atoms with Gasteiger partial charge in [0.05, 0.1) is 12.3 Å². The van der Waals surface area contributed by atoms with Gasteiger partial charge >= 0.3 is 5.97 Å². The fraction of sp³-hybridized carbons (Fsp3) is 0.562. The first kappa shape index (κ1) is 14.8. The number of nitrogens with zero attached hydrogens (tertiary/aromatic N) is 4. The first-order valence-electron chi connectivity index (χ1n) is 7.87. The number of hydrogen-bond acceptors (Lipinski definition) is 5. The van der Waals surface area contributed by atoms with Gasteiger partial charge in [-0.05, 0) is 33.6 Å². The number of carbonyl (C=O) groups excluding carboxylic acids is 1.